The lowest BCUT2D eigenvalue weighted by molar-refractivity contribution is -0.117. The van der Waals surface area contributed by atoms with Crippen molar-refractivity contribution in [2.24, 2.45) is 0 Å². The minimum absolute atomic E-state index is 0.0837. The summed E-state index contributed by atoms with van der Waals surface area (Å²) in [5.74, 6) is 0.950. The minimum Gasteiger partial charge on any atom is -0.490 e. The maximum Gasteiger partial charge on any atom is 0.317 e. The van der Waals surface area contributed by atoms with E-state index < -0.39 is 37.1 Å². The second-order valence-corrected chi connectivity index (χ2v) is 13.4. The van der Waals surface area contributed by atoms with Gasteiger partial charge in [-0.05, 0) is 105 Å². The molecule has 2 aromatic heterocycles. The van der Waals surface area contributed by atoms with Crippen molar-refractivity contribution < 1.29 is 35.1 Å². The Morgan fingerprint density at radius 1 is 1.00 bits per heavy atom. The van der Waals surface area contributed by atoms with Crippen LogP contribution in [-0.4, -0.2) is 104 Å². The van der Waals surface area contributed by atoms with E-state index in [2.05, 4.69) is 53.6 Å². The Hall–Kier alpha value is -3.61. The van der Waals surface area contributed by atoms with Crippen LogP contribution in [0.4, 0.5) is 4.79 Å². The van der Waals surface area contributed by atoms with Crippen LogP contribution in [0.25, 0.3) is 11.1 Å². The number of hydrogen-bond donors (Lipinski definition) is 6. The van der Waals surface area contributed by atoms with Crippen LogP contribution in [-0.2, 0) is 18.3 Å². The van der Waals surface area contributed by atoms with Crippen molar-refractivity contribution in [2.45, 2.75) is 101 Å². The van der Waals surface area contributed by atoms with Gasteiger partial charge in [-0.25, -0.2) is 4.79 Å². The number of amides is 2. The summed E-state index contributed by atoms with van der Waals surface area (Å²) in [6.07, 6.45) is 6.43. The summed E-state index contributed by atoms with van der Waals surface area (Å²) in [7, 11) is 1.46. The Labute approximate surface area is 282 Å². The Kier molecular flexibility index (Phi) is 12.0. The van der Waals surface area contributed by atoms with Gasteiger partial charge in [0.25, 0.3) is 0 Å². The summed E-state index contributed by atoms with van der Waals surface area (Å²) >= 11 is 0. The lowest BCUT2D eigenvalue weighted by Crippen LogP contribution is -2.51. The van der Waals surface area contributed by atoms with Crippen LogP contribution in [0.15, 0.2) is 54.9 Å². The number of urea groups is 1. The Bertz CT molecular complexity index is 1510. The summed E-state index contributed by atoms with van der Waals surface area (Å²) in [6.45, 7) is 1.52. The van der Waals surface area contributed by atoms with Crippen molar-refractivity contribution in [3.8, 4) is 16.9 Å². The molecule has 6 N–H and O–H groups in total. The van der Waals surface area contributed by atoms with E-state index in [0.717, 1.165) is 80.5 Å². The van der Waals surface area contributed by atoms with Crippen molar-refractivity contribution >= 4 is 6.03 Å². The fraction of sp³-hybridized carbons (Fsp3) is 0.541. The fourth-order valence-electron chi connectivity index (χ4n) is 6.18. The van der Waals surface area contributed by atoms with Gasteiger partial charge in [-0.15, -0.1) is 0 Å². The summed E-state index contributed by atoms with van der Waals surface area (Å²) < 4.78 is 6.27. The van der Waals surface area contributed by atoms with Crippen LogP contribution in [0.2, 0.25) is 0 Å². The number of nitrogens with one attached hydrogen (secondary N) is 1. The van der Waals surface area contributed by atoms with Crippen LogP contribution in [0.5, 0.6) is 5.75 Å². The van der Waals surface area contributed by atoms with E-state index in [-0.39, 0.29) is 12.0 Å². The molecule has 0 spiro atoms. The molecule has 2 saturated carbocycles. The number of pyridine rings is 2. The number of ether oxygens (including phenoxy) is 1. The van der Waals surface area contributed by atoms with Crippen molar-refractivity contribution in [1.29, 1.82) is 0 Å². The first kappa shape index (κ1) is 35.7. The smallest absolute Gasteiger partial charge is 0.317 e. The maximum absolute atomic E-state index is 12.4. The number of aryl methyl sites for hydroxylation is 3. The number of aliphatic hydroxyl groups is 5. The Morgan fingerprint density at radius 3 is 2.48 bits per heavy atom. The molecule has 11 nitrogen and oxygen atoms in total. The van der Waals surface area contributed by atoms with Gasteiger partial charge in [0, 0.05) is 42.9 Å². The third-order valence-electron chi connectivity index (χ3n) is 9.61. The molecule has 260 valence electrons. The SMILES string of the molecule is Cc1ccc(CCCCNC(=O)N(C)C[C@H](O)[C@@H](O)[C@H](O)[C@H](O)CO)nc1CCC1(c2cnccc2-c2ccccc2OC2CC2)CC1. The molecule has 4 atom stereocenters. The molecule has 0 bridgehead atoms. The van der Waals surface area contributed by atoms with E-state index >= 15 is 0 Å². The van der Waals surface area contributed by atoms with E-state index in [4.69, 9.17) is 14.8 Å². The van der Waals surface area contributed by atoms with Crippen LogP contribution in [0, 0.1) is 6.92 Å². The first-order chi connectivity index (χ1) is 23.1. The van der Waals surface area contributed by atoms with Gasteiger partial charge >= 0.3 is 6.03 Å². The Balaban J connectivity index is 1.10. The topological polar surface area (TPSA) is 168 Å². The second kappa shape index (κ2) is 16.2. The molecule has 2 amide bonds. The first-order valence-electron chi connectivity index (χ1n) is 17.1. The van der Waals surface area contributed by atoms with Crippen molar-refractivity contribution in [3.63, 3.8) is 0 Å². The fourth-order valence-corrected chi connectivity index (χ4v) is 6.18. The van der Waals surface area contributed by atoms with Crippen molar-refractivity contribution in [1.82, 2.24) is 20.2 Å². The molecule has 2 aliphatic carbocycles. The summed E-state index contributed by atoms with van der Waals surface area (Å²) in [4.78, 5) is 23.2. The average Bonchev–Trinajstić information content (AvgIpc) is 4.05. The lowest BCUT2D eigenvalue weighted by atomic mass is 9.85. The number of carbonyl (C=O) groups is 1. The van der Waals surface area contributed by atoms with Gasteiger partial charge < -0.3 is 40.5 Å². The van der Waals surface area contributed by atoms with Gasteiger partial charge in [-0.2, -0.15) is 0 Å². The number of benzene rings is 1. The monoisotopic (exact) mass is 662 g/mol. The number of carbonyl (C=O) groups excluding carboxylic acids is 1. The minimum atomic E-state index is -1.74. The summed E-state index contributed by atoms with van der Waals surface area (Å²) in [5, 5.41) is 51.1. The van der Waals surface area contributed by atoms with Crippen LogP contribution in [0.1, 0.15) is 67.5 Å². The summed E-state index contributed by atoms with van der Waals surface area (Å²) in [6, 6.07) is 14.3. The molecule has 2 aliphatic rings. The van der Waals surface area contributed by atoms with Crippen LogP contribution >= 0.6 is 0 Å². The maximum atomic E-state index is 12.4. The largest absolute Gasteiger partial charge is 0.490 e. The molecule has 0 aliphatic heterocycles. The Morgan fingerprint density at radius 2 is 1.75 bits per heavy atom. The molecule has 0 unspecified atom stereocenters. The number of aromatic nitrogens is 2. The van der Waals surface area contributed by atoms with Gasteiger partial charge in [-0.1, -0.05) is 24.3 Å². The highest BCUT2D eigenvalue weighted by molar-refractivity contribution is 5.75. The van der Waals surface area contributed by atoms with E-state index in [9.17, 15) is 25.2 Å². The number of aliphatic hydroxyl groups excluding tert-OH is 5. The van der Waals surface area contributed by atoms with Gasteiger partial charge in [0.05, 0.1) is 19.3 Å². The highest BCUT2D eigenvalue weighted by Crippen LogP contribution is 2.54. The van der Waals surface area contributed by atoms with E-state index in [0.29, 0.717) is 12.6 Å². The quantitative estimate of drug-likeness (QED) is 0.112. The normalized spacial score (nSPS) is 17.6. The van der Waals surface area contributed by atoms with E-state index in [1.165, 1.54) is 28.6 Å². The molecule has 0 saturated heterocycles. The van der Waals surface area contributed by atoms with Gasteiger partial charge in [0.2, 0.25) is 0 Å². The number of nitrogens with zero attached hydrogens (tertiary/aromatic N) is 3. The van der Waals surface area contributed by atoms with Crippen molar-refractivity contribution in [3.05, 3.63) is 77.4 Å². The molecular formula is C37H50N4O7. The number of para-hydroxylation sites is 1. The zero-order chi connectivity index (χ0) is 34.3. The molecule has 3 aromatic rings. The van der Waals surface area contributed by atoms with Crippen molar-refractivity contribution in [2.75, 3.05) is 26.7 Å². The molecule has 48 heavy (non-hydrogen) atoms. The molecule has 11 heteroatoms. The van der Waals surface area contributed by atoms with E-state index in [1.807, 2.05) is 18.5 Å². The molecule has 0 radical (unpaired) electrons. The number of rotatable bonds is 18. The van der Waals surface area contributed by atoms with Crippen LogP contribution in [0.3, 0.4) is 0 Å². The molecular weight excluding hydrogens is 612 g/mol. The molecule has 2 fully saturated rings. The zero-order valence-electron chi connectivity index (χ0n) is 28.0. The molecule has 2 heterocycles. The lowest BCUT2D eigenvalue weighted by Gasteiger charge is -2.28. The van der Waals surface area contributed by atoms with Crippen LogP contribution < -0.4 is 10.1 Å². The van der Waals surface area contributed by atoms with Gasteiger partial charge in [-0.3, -0.25) is 9.97 Å². The zero-order valence-corrected chi connectivity index (χ0v) is 28.0. The number of likely N-dealkylation sites (N-methyl/N-ethyl adjacent to an activating group) is 1. The first-order valence-corrected chi connectivity index (χ1v) is 17.1. The average molecular weight is 663 g/mol. The molecule has 1 aromatic carbocycles. The second-order valence-electron chi connectivity index (χ2n) is 13.4. The third kappa shape index (κ3) is 9.09. The highest BCUT2D eigenvalue weighted by atomic mass is 16.5. The summed E-state index contributed by atoms with van der Waals surface area (Å²) in [5.41, 5.74) is 7.05. The molecule has 5 rings (SSSR count). The van der Waals surface area contributed by atoms with Gasteiger partial charge in [0.1, 0.15) is 30.2 Å². The standard InChI is InChI=1S/C37H50N4O7/c1-24-10-11-25(7-5-6-19-39-36(47)41(2)22-31(43)34(45)35(46)32(44)23-42)40-30(24)14-16-37(17-18-37)29-21-38-20-15-27(29)28-8-3-4-9-33(28)48-26-12-13-26/h3-4,8-11,15,20-21,26,31-32,34-35,42-46H,5-7,12-14,16-19,22-23H2,1-2H3,(H,39,47)/t31-,32+,34+,35+/m0/s1. The predicted octanol–water partition coefficient (Wildman–Crippen LogP) is 3.06. The van der Waals surface area contributed by atoms with E-state index in [1.54, 1.807) is 0 Å². The number of hydrogen-bond acceptors (Lipinski definition) is 9. The van der Waals surface area contributed by atoms with Gasteiger partial charge in [0.15, 0.2) is 0 Å². The highest BCUT2D eigenvalue weighted by Gasteiger charge is 2.45. The number of unbranched alkanes of at least 4 members (excludes halogenated alkanes) is 1. The predicted molar refractivity (Wildman–Crippen MR) is 182 cm³/mol. The third-order valence-corrected chi connectivity index (χ3v) is 9.61.